The van der Waals surface area contributed by atoms with Gasteiger partial charge in [0.25, 0.3) is 0 Å². The predicted octanol–water partition coefficient (Wildman–Crippen LogP) is 9.93. The molecule has 0 saturated heterocycles. The highest BCUT2D eigenvalue weighted by Crippen LogP contribution is 2.47. The van der Waals surface area contributed by atoms with E-state index in [0.29, 0.717) is 12.8 Å². The number of unbranched alkanes of at least 4 members (excludes halogenated alkanes) is 27. The summed E-state index contributed by atoms with van der Waals surface area (Å²) in [5, 5.41) is 74.9. The molecular weight excluding hydrogens is 850 g/mol. The highest BCUT2D eigenvalue weighted by atomic mass is 31.2. The fraction of sp³-hybridized carbons (Fsp3) is 0.902. The molecule has 0 aliphatic heterocycles. The zero-order chi connectivity index (χ0) is 48.0. The van der Waals surface area contributed by atoms with Crippen molar-refractivity contribution in [2.45, 2.75) is 287 Å². The van der Waals surface area contributed by atoms with Gasteiger partial charge >= 0.3 is 7.82 Å². The van der Waals surface area contributed by atoms with E-state index in [0.717, 1.165) is 77.0 Å². The van der Waals surface area contributed by atoms with Crippen LogP contribution in [0.2, 0.25) is 0 Å². The third-order valence-electron chi connectivity index (χ3n) is 12.8. The molecule has 14 heteroatoms. The molecule has 0 radical (unpaired) electrons. The second kappa shape index (κ2) is 40.6. The normalized spacial score (nSPS) is 22.7. The molecule has 1 aliphatic carbocycles. The molecule has 384 valence electrons. The summed E-state index contributed by atoms with van der Waals surface area (Å²) in [5.74, 6) is -0.566. The average Bonchev–Trinajstić information content (AvgIpc) is 3.28. The number of aliphatic hydroxyl groups is 7. The summed E-state index contributed by atoms with van der Waals surface area (Å²) < 4.78 is 23.0. The van der Waals surface area contributed by atoms with Gasteiger partial charge in [0.1, 0.15) is 36.6 Å². The maximum Gasteiger partial charge on any atom is 0.472 e. The lowest BCUT2D eigenvalue weighted by Gasteiger charge is -2.41. The van der Waals surface area contributed by atoms with Crippen molar-refractivity contribution in [1.29, 1.82) is 0 Å². The van der Waals surface area contributed by atoms with Crippen molar-refractivity contribution in [1.82, 2.24) is 5.32 Å². The molecule has 1 amide bonds. The summed E-state index contributed by atoms with van der Waals surface area (Å²) in [4.78, 5) is 23.5. The largest absolute Gasteiger partial charge is 0.472 e. The first-order valence-corrected chi connectivity index (χ1v) is 27.9. The van der Waals surface area contributed by atoms with Crippen molar-refractivity contribution in [3.05, 3.63) is 24.3 Å². The number of amides is 1. The lowest BCUT2D eigenvalue weighted by Crippen LogP contribution is -2.64. The van der Waals surface area contributed by atoms with Crippen LogP contribution in [0.1, 0.15) is 232 Å². The average molecular weight is 948 g/mol. The molecule has 13 nitrogen and oxygen atoms in total. The topological polar surface area (TPSA) is 226 Å². The van der Waals surface area contributed by atoms with Crippen molar-refractivity contribution in [3.8, 4) is 0 Å². The number of phosphoric acid groups is 1. The van der Waals surface area contributed by atoms with E-state index in [1.54, 1.807) is 0 Å². The van der Waals surface area contributed by atoms with Gasteiger partial charge in [0.15, 0.2) is 0 Å². The Hall–Kier alpha value is -1.22. The Balaban J connectivity index is 2.46. The van der Waals surface area contributed by atoms with Crippen LogP contribution in [0.25, 0.3) is 0 Å². The van der Waals surface area contributed by atoms with Crippen molar-refractivity contribution in [2.24, 2.45) is 0 Å². The summed E-state index contributed by atoms with van der Waals surface area (Å²) in [6, 6.07) is -1.16. The molecule has 1 rings (SSSR count). The van der Waals surface area contributed by atoms with Crippen LogP contribution in [0, 0.1) is 0 Å². The molecule has 65 heavy (non-hydrogen) atoms. The SMILES string of the molecule is CCCCC/C=C\C/C=C\CCCCCCCC(O)CC(=O)NC(COP(=O)(O)OC1C(O)C(O)C(O)C(O)C1O)C(O)CCCCCCCCCCCCCCCCCCCCCC. The maximum absolute atomic E-state index is 13.1. The number of nitrogens with one attached hydrogen (secondary N) is 1. The Labute approximate surface area is 394 Å². The second-order valence-electron chi connectivity index (χ2n) is 18.9. The molecular formula is C51H98NO12P. The predicted molar refractivity (Wildman–Crippen MR) is 261 cm³/mol. The molecule has 0 bridgehead atoms. The molecule has 1 aliphatic rings. The first-order valence-electron chi connectivity index (χ1n) is 26.4. The Morgan fingerprint density at radius 2 is 0.908 bits per heavy atom. The van der Waals surface area contributed by atoms with Crippen LogP contribution < -0.4 is 5.32 Å². The summed E-state index contributed by atoms with van der Waals surface area (Å²) >= 11 is 0. The van der Waals surface area contributed by atoms with Gasteiger partial charge in [-0.3, -0.25) is 13.8 Å². The van der Waals surface area contributed by atoms with Crippen LogP contribution in [0.5, 0.6) is 0 Å². The number of hydrogen-bond acceptors (Lipinski definition) is 11. The third-order valence-corrected chi connectivity index (χ3v) is 13.8. The molecule has 0 spiro atoms. The Kier molecular flexibility index (Phi) is 38.6. The molecule has 0 aromatic heterocycles. The highest BCUT2D eigenvalue weighted by molar-refractivity contribution is 7.47. The number of carbonyl (C=O) groups excluding carboxylic acids is 1. The van der Waals surface area contributed by atoms with Gasteiger partial charge in [-0.25, -0.2) is 4.57 Å². The quantitative estimate of drug-likeness (QED) is 0.0158. The van der Waals surface area contributed by atoms with E-state index in [1.165, 1.54) is 116 Å². The summed E-state index contributed by atoms with van der Waals surface area (Å²) in [6.07, 6.45) is 32.1. The number of phosphoric ester groups is 1. The van der Waals surface area contributed by atoms with Crippen molar-refractivity contribution in [3.63, 3.8) is 0 Å². The van der Waals surface area contributed by atoms with Gasteiger partial charge in [-0.15, -0.1) is 0 Å². The number of rotatable bonds is 44. The third kappa shape index (κ3) is 32.3. The number of carbonyl (C=O) groups is 1. The molecule has 1 fully saturated rings. The van der Waals surface area contributed by atoms with E-state index < -0.39 is 75.2 Å². The minimum atomic E-state index is -5.12. The lowest BCUT2D eigenvalue weighted by atomic mass is 9.85. The Morgan fingerprint density at radius 3 is 1.37 bits per heavy atom. The van der Waals surface area contributed by atoms with Crippen LogP contribution in [0.4, 0.5) is 0 Å². The monoisotopic (exact) mass is 948 g/mol. The van der Waals surface area contributed by atoms with Crippen LogP contribution >= 0.6 is 7.82 Å². The van der Waals surface area contributed by atoms with E-state index >= 15 is 0 Å². The first-order chi connectivity index (χ1) is 31.3. The molecule has 1 saturated carbocycles. The van der Waals surface area contributed by atoms with E-state index in [-0.39, 0.29) is 12.8 Å². The Bertz CT molecular complexity index is 1210. The molecule has 0 aromatic rings. The first kappa shape index (κ1) is 61.8. The van der Waals surface area contributed by atoms with E-state index in [2.05, 4.69) is 43.5 Å². The van der Waals surface area contributed by atoms with Crippen molar-refractivity contribution in [2.75, 3.05) is 6.61 Å². The fourth-order valence-corrected chi connectivity index (χ4v) is 9.48. The van der Waals surface area contributed by atoms with Crippen LogP contribution in [0.3, 0.4) is 0 Å². The summed E-state index contributed by atoms with van der Waals surface area (Å²) in [7, 11) is -5.12. The Morgan fingerprint density at radius 1 is 0.538 bits per heavy atom. The molecule has 0 aromatic carbocycles. The molecule has 0 heterocycles. The van der Waals surface area contributed by atoms with Gasteiger partial charge < -0.3 is 46.0 Å². The lowest BCUT2D eigenvalue weighted by molar-refractivity contribution is -0.220. The summed E-state index contributed by atoms with van der Waals surface area (Å²) in [5.41, 5.74) is 0. The second-order valence-corrected chi connectivity index (χ2v) is 20.3. The van der Waals surface area contributed by atoms with Gasteiger partial charge in [0, 0.05) is 0 Å². The smallest absolute Gasteiger partial charge is 0.393 e. The number of hydrogen-bond donors (Lipinski definition) is 9. The van der Waals surface area contributed by atoms with Gasteiger partial charge in [-0.2, -0.15) is 0 Å². The molecule has 8 unspecified atom stereocenters. The zero-order valence-corrected chi connectivity index (χ0v) is 41.8. The van der Waals surface area contributed by atoms with Gasteiger partial charge in [0.05, 0.1) is 31.3 Å². The number of allylic oxidation sites excluding steroid dienone is 4. The minimum Gasteiger partial charge on any atom is -0.393 e. The van der Waals surface area contributed by atoms with Gasteiger partial charge in [0.2, 0.25) is 5.91 Å². The fourth-order valence-electron chi connectivity index (χ4n) is 8.51. The van der Waals surface area contributed by atoms with Crippen LogP contribution in [-0.2, 0) is 18.4 Å². The highest BCUT2D eigenvalue weighted by Gasteiger charge is 2.51. The van der Waals surface area contributed by atoms with Crippen molar-refractivity contribution < 1.29 is 59.0 Å². The number of aliphatic hydroxyl groups excluding tert-OH is 7. The van der Waals surface area contributed by atoms with Gasteiger partial charge in [-0.05, 0) is 44.9 Å². The van der Waals surface area contributed by atoms with E-state index in [1.807, 2.05) is 0 Å². The maximum atomic E-state index is 13.1. The van der Waals surface area contributed by atoms with Crippen molar-refractivity contribution >= 4 is 13.7 Å². The van der Waals surface area contributed by atoms with E-state index in [4.69, 9.17) is 9.05 Å². The standard InChI is InChI=1S/C51H98NO12P/c1-3-5-7-9-11-13-15-17-19-20-21-22-23-25-27-29-31-33-35-37-39-44(54)43(41-63-65(61,62)64-51-49(59)47(57)46(56)48(58)50(51)60)52-45(55)40-42(53)38-36-34-32-30-28-26-24-18-16-14-12-10-8-6-4-2/h12,14,18,24,42-44,46-51,53-54,56-60H,3-11,13,15-17,19-23,25-41H2,1-2H3,(H,52,55)(H,61,62)/b14-12-,24-18-. The zero-order valence-electron chi connectivity index (χ0n) is 40.9. The van der Waals surface area contributed by atoms with Gasteiger partial charge in [-0.1, -0.05) is 205 Å². The minimum absolute atomic E-state index is 0.230. The molecule has 9 N–H and O–H groups in total. The molecule has 8 atom stereocenters. The summed E-state index contributed by atoms with van der Waals surface area (Å²) in [6.45, 7) is 3.79. The van der Waals surface area contributed by atoms with E-state index in [9.17, 15) is 50.0 Å². The van der Waals surface area contributed by atoms with Crippen LogP contribution in [0.15, 0.2) is 24.3 Å². The van der Waals surface area contributed by atoms with Crippen LogP contribution in [-0.4, -0.2) is 108 Å².